The number of fused-ring (bicyclic) bond motifs is 3. The minimum absolute atomic E-state index is 0. The van der Waals surface area contributed by atoms with Gasteiger partial charge < -0.3 is 20.4 Å². The van der Waals surface area contributed by atoms with Gasteiger partial charge in [-0.3, -0.25) is 18.9 Å². The molecule has 4 atom stereocenters. The molecule has 0 aromatic heterocycles. The van der Waals surface area contributed by atoms with E-state index >= 15 is 0 Å². The lowest BCUT2D eigenvalue weighted by Gasteiger charge is -2.49. The van der Waals surface area contributed by atoms with Gasteiger partial charge in [0.15, 0.2) is 6.04 Å². The van der Waals surface area contributed by atoms with E-state index < -0.39 is 35.5 Å². The molecule has 0 radical (unpaired) electrons. The first-order chi connectivity index (χ1) is 13.2. The van der Waals surface area contributed by atoms with Gasteiger partial charge in [0, 0.05) is 31.8 Å². The second-order valence-corrected chi connectivity index (χ2v) is 8.38. The van der Waals surface area contributed by atoms with E-state index in [-0.39, 0.29) is 41.1 Å². The first kappa shape index (κ1) is 24.2. The van der Waals surface area contributed by atoms with Gasteiger partial charge in [0.2, 0.25) is 11.6 Å². The van der Waals surface area contributed by atoms with E-state index in [2.05, 4.69) is 4.90 Å². The Hall–Kier alpha value is -2.07. The van der Waals surface area contributed by atoms with Crippen molar-refractivity contribution in [1.29, 1.82) is 0 Å². The molecule has 0 amide bonds. The Morgan fingerprint density at radius 1 is 1.23 bits per heavy atom. The molecule has 0 bridgehead atoms. The number of carboxylic acid groups (broad SMARTS) is 1. The van der Waals surface area contributed by atoms with Crippen LogP contribution < -0.4 is 0 Å². The van der Waals surface area contributed by atoms with Crippen LogP contribution in [0.3, 0.4) is 0 Å². The molecule has 0 spiro atoms. The third-order valence-corrected chi connectivity index (χ3v) is 6.51. The second-order valence-electron chi connectivity index (χ2n) is 8.38. The van der Waals surface area contributed by atoms with Gasteiger partial charge >= 0.3 is 5.97 Å². The Balaban J connectivity index is 0.00000160. The number of carbonyl (C=O) groups excluding carboxylic acids is 2. The second kappa shape index (κ2) is 8.58. The topological polar surface area (TPSA) is 109 Å². The van der Waals surface area contributed by atoms with Crippen LogP contribution in [-0.4, -0.2) is 95.3 Å². The fraction of sp³-hybridized carbons (Fsp3) is 0.550. The molecule has 2 saturated heterocycles. The normalized spacial score (nSPS) is 33.8. The van der Waals surface area contributed by atoms with Gasteiger partial charge in [-0.05, 0) is 25.6 Å². The van der Waals surface area contributed by atoms with Gasteiger partial charge in [0.25, 0.3) is 0 Å². The van der Waals surface area contributed by atoms with Crippen LogP contribution in [0.5, 0.6) is 0 Å². The molecule has 8 nitrogen and oxygen atoms in total. The number of halogens is 2. The lowest BCUT2D eigenvalue weighted by molar-refractivity contribution is -0.874. The van der Waals surface area contributed by atoms with E-state index in [1.807, 2.05) is 11.9 Å². The molecule has 1 aliphatic carbocycles. The number of ketones is 2. The largest absolute Gasteiger partial charge is 0.480 e. The summed E-state index contributed by atoms with van der Waals surface area (Å²) in [6, 6.07) is -0.689. The van der Waals surface area contributed by atoms with Gasteiger partial charge in [-0.15, -0.1) is 12.4 Å². The number of hydrogen-bond donors (Lipinski definition) is 1. The highest BCUT2D eigenvalue weighted by Gasteiger charge is 2.57. The van der Waals surface area contributed by atoms with Crippen LogP contribution in [0.25, 0.3) is 0 Å². The van der Waals surface area contributed by atoms with E-state index in [0.29, 0.717) is 24.4 Å². The summed E-state index contributed by atoms with van der Waals surface area (Å²) in [5.74, 6) is -3.87. The number of carbonyl (C=O) groups is 3. The minimum Gasteiger partial charge on any atom is -0.480 e. The molecule has 30 heavy (non-hydrogen) atoms. The number of Topliss-reactive ketones (excluding diaryl/α,β-unsaturated/α-hetero) is 2. The van der Waals surface area contributed by atoms with Crippen LogP contribution in [0.1, 0.15) is 6.42 Å². The van der Waals surface area contributed by atoms with Crippen molar-refractivity contribution in [1.82, 2.24) is 9.80 Å². The molecule has 166 valence electrons. The number of quaternary nitrogens is 1. The van der Waals surface area contributed by atoms with E-state index in [0.717, 1.165) is 13.1 Å². The number of carboxylic acids is 1. The highest BCUT2D eigenvalue weighted by molar-refractivity contribution is 6.06. The first-order valence-electron chi connectivity index (χ1n) is 9.60. The standard InChI is InChI=1S/C20H24FN3O4.ClH.H2O/c1-22-6-8-23(9-7-22)17-14(21)4-3-12-16(17)15(25)11-24(2)10-5-13(20(27)28)19(26)18(12)24;;/h4-5,10,12-13,18H,3,6-9,11H2,1-2H3;1H;1H2/p+1. The van der Waals surface area contributed by atoms with Gasteiger partial charge in [0.05, 0.1) is 24.9 Å². The van der Waals surface area contributed by atoms with Crippen molar-refractivity contribution < 1.29 is 33.8 Å². The van der Waals surface area contributed by atoms with E-state index in [1.54, 1.807) is 13.2 Å². The molecule has 4 rings (SSSR count). The lowest BCUT2D eigenvalue weighted by atomic mass is 9.71. The molecular weight excluding hydrogens is 417 g/mol. The van der Waals surface area contributed by atoms with Crippen LogP contribution >= 0.6 is 12.4 Å². The zero-order valence-electron chi connectivity index (χ0n) is 17.0. The van der Waals surface area contributed by atoms with Crippen LogP contribution in [0.2, 0.25) is 0 Å². The molecule has 3 heterocycles. The van der Waals surface area contributed by atoms with Gasteiger partial charge in [-0.25, -0.2) is 4.39 Å². The quantitative estimate of drug-likeness (QED) is 0.479. The van der Waals surface area contributed by atoms with Crippen molar-refractivity contribution in [2.24, 2.45) is 11.8 Å². The average molecular weight is 445 g/mol. The van der Waals surface area contributed by atoms with E-state index in [4.69, 9.17) is 0 Å². The summed E-state index contributed by atoms with van der Waals surface area (Å²) in [7, 11) is 3.77. The molecule has 4 aliphatic rings. The maximum Gasteiger partial charge on any atom is 0.318 e. The molecule has 0 saturated carbocycles. The van der Waals surface area contributed by atoms with Gasteiger partial charge in [-0.2, -0.15) is 0 Å². The average Bonchev–Trinajstić information content (AvgIpc) is 2.62. The van der Waals surface area contributed by atoms with Crippen molar-refractivity contribution in [3.63, 3.8) is 0 Å². The predicted octanol–water partition coefficient (Wildman–Crippen LogP) is 0.153. The Morgan fingerprint density at radius 2 is 1.87 bits per heavy atom. The molecule has 3 N–H and O–H groups in total. The minimum atomic E-state index is -1.21. The first-order valence-corrected chi connectivity index (χ1v) is 9.60. The Bertz CT molecular complexity index is 849. The van der Waals surface area contributed by atoms with Crippen molar-refractivity contribution >= 4 is 29.9 Å². The SMILES string of the molecule is CN1CCN(C2=C3C(=O)C[N+]4(C)C=CC(C(=O)O)C(=O)C4C3CC=C2F)CC1.Cl.O. The fourth-order valence-electron chi connectivity index (χ4n) is 5.03. The highest BCUT2D eigenvalue weighted by Crippen LogP contribution is 2.44. The summed E-state index contributed by atoms with van der Waals surface area (Å²) in [4.78, 5) is 41.7. The summed E-state index contributed by atoms with van der Waals surface area (Å²) in [6.45, 7) is 2.79. The number of piperidine rings is 1. The lowest BCUT2D eigenvalue weighted by Crippen LogP contribution is -2.66. The van der Waals surface area contributed by atoms with Crippen LogP contribution in [0, 0.1) is 11.8 Å². The summed E-state index contributed by atoms with van der Waals surface area (Å²) < 4.78 is 14.9. The number of rotatable bonds is 2. The Morgan fingerprint density at radius 3 is 2.47 bits per heavy atom. The van der Waals surface area contributed by atoms with Crippen LogP contribution in [-0.2, 0) is 14.4 Å². The third-order valence-electron chi connectivity index (χ3n) is 6.51. The number of piperazine rings is 1. The fourth-order valence-corrected chi connectivity index (χ4v) is 5.03. The summed E-state index contributed by atoms with van der Waals surface area (Å²) in [5, 5.41) is 9.41. The number of aliphatic carboxylic acids is 1. The zero-order valence-corrected chi connectivity index (χ0v) is 17.8. The summed E-state index contributed by atoms with van der Waals surface area (Å²) >= 11 is 0. The molecule has 0 aromatic carbocycles. The van der Waals surface area contributed by atoms with Gasteiger partial charge in [-0.1, -0.05) is 0 Å². The molecule has 0 aromatic rings. The van der Waals surface area contributed by atoms with E-state index in [1.165, 1.54) is 12.2 Å². The maximum absolute atomic E-state index is 14.9. The van der Waals surface area contributed by atoms with Crippen molar-refractivity contribution in [2.45, 2.75) is 12.5 Å². The Kier molecular flexibility index (Phi) is 6.92. The third kappa shape index (κ3) is 3.71. The predicted molar refractivity (Wildman–Crippen MR) is 109 cm³/mol. The molecule has 4 unspecified atom stereocenters. The number of likely N-dealkylation sites (N-methyl/N-ethyl adjacent to an activating group) is 2. The number of allylic oxidation sites excluding steroid dienone is 2. The zero-order chi connectivity index (χ0) is 20.2. The van der Waals surface area contributed by atoms with Crippen molar-refractivity contribution in [3.8, 4) is 0 Å². The van der Waals surface area contributed by atoms with E-state index in [9.17, 15) is 23.9 Å². The van der Waals surface area contributed by atoms with Crippen molar-refractivity contribution in [2.75, 3.05) is 46.8 Å². The Labute approximate surface area is 180 Å². The molecule has 3 aliphatic heterocycles. The smallest absolute Gasteiger partial charge is 0.318 e. The molecule has 10 heteroatoms. The highest BCUT2D eigenvalue weighted by atomic mass is 35.5. The molecular formula is C20H28ClFN3O5+. The summed E-state index contributed by atoms with van der Waals surface area (Å²) in [6.07, 6.45) is 4.72. The summed E-state index contributed by atoms with van der Waals surface area (Å²) in [5.41, 5.74) is 0.688. The van der Waals surface area contributed by atoms with Crippen LogP contribution in [0.4, 0.5) is 4.39 Å². The number of hydrogen-bond acceptors (Lipinski definition) is 5. The van der Waals surface area contributed by atoms with Crippen LogP contribution in [0.15, 0.2) is 35.4 Å². The van der Waals surface area contributed by atoms with Crippen molar-refractivity contribution in [3.05, 3.63) is 35.4 Å². The monoisotopic (exact) mass is 444 g/mol. The number of nitrogens with zero attached hydrogens (tertiary/aromatic N) is 3. The molecule has 2 fully saturated rings. The maximum atomic E-state index is 14.9. The van der Waals surface area contributed by atoms with Gasteiger partial charge in [0.1, 0.15) is 18.3 Å².